The second kappa shape index (κ2) is 6.87. The molecule has 0 unspecified atom stereocenters. The second-order valence-corrected chi connectivity index (χ2v) is 5.82. The molecule has 1 saturated heterocycles. The topological polar surface area (TPSA) is 45.9 Å². The number of carbonyl (C=O) groups excluding carboxylic acids is 1. The molecule has 0 radical (unpaired) electrons. The molecule has 0 atom stereocenters. The highest BCUT2D eigenvalue weighted by molar-refractivity contribution is 5.91. The molecule has 5 nitrogen and oxygen atoms in total. The normalized spacial score (nSPS) is 15.0. The van der Waals surface area contributed by atoms with Crippen LogP contribution in [0.15, 0.2) is 40.8 Å². The van der Waals surface area contributed by atoms with Crippen molar-refractivity contribution in [2.24, 2.45) is 0 Å². The number of rotatable bonds is 4. The first-order chi connectivity index (χ1) is 11.2. The third-order valence-electron chi connectivity index (χ3n) is 4.09. The largest absolute Gasteiger partial charge is 0.453 e. The standard InChI is InChI=1S/C18H22N2O3/c1-14-4-3-5-15(12-14)19-8-10-20(11-9-19)18(21)17-7-6-16(23-17)13-22-2/h3-7,12H,8-11,13H2,1-2H3. The molecule has 3 rings (SSSR count). The van der Waals surface area contributed by atoms with Gasteiger partial charge in [-0.3, -0.25) is 4.79 Å². The number of furan rings is 1. The van der Waals surface area contributed by atoms with Crippen molar-refractivity contribution in [1.29, 1.82) is 0 Å². The summed E-state index contributed by atoms with van der Waals surface area (Å²) in [5, 5.41) is 0. The molecular weight excluding hydrogens is 292 g/mol. The predicted molar refractivity (Wildman–Crippen MR) is 88.7 cm³/mol. The van der Waals surface area contributed by atoms with Gasteiger partial charge < -0.3 is 19.0 Å². The lowest BCUT2D eigenvalue weighted by Gasteiger charge is -2.35. The Morgan fingerprint density at radius 2 is 1.96 bits per heavy atom. The van der Waals surface area contributed by atoms with Gasteiger partial charge in [0.2, 0.25) is 0 Å². The highest BCUT2D eigenvalue weighted by atomic mass is 16.5. The molecule has 5 heteroatoms. The van der Waals surface area contributed by atoms with Crippen molar-refractivity contribution in [2.45, 2.75) is 13.5 Å². The van der Waals surface area contributed by atoms with E-state index in [1.165, 1.54) is 11.3 Å². The minimum absolute atomic E-state index is 0.0451. The van der Waals surface area contributed by atoms with E-state index in [0.29, 0.717) is 31.2 Å². The van der Waals surface area contributed by atoms with Crippen LogP contribution >= 0.6 is 0 Å². The average Bonchev–Trinajstić information content (AvgIpc) is 3.03. The van der Waals surface area contributed by atoms with E-state index in [1.54, 1.807) is 19.2 Å². The van der Waals surface area contributed by atoms with Crippen molar-refractivity contribution >= 4 is 11.6 Å². The summed E-state index contributed by atoms with van der Waals surface area (Å²) in [6, 6.07) is 12.0. The first-order valence-corrected chi connectivity index (χ1v) is 7.86. The summed E-state index contributed by atoms with van der Waals surface area (Å²) in [6.07, 6.45) is 0. The maximum Gasteiger partial charge on any atom is 0.289 e. The van der Waals surface area contributed by atoms with Crippen LogP contribution in [0.1, 0.15) is 21.9 Å². The first-order valence-electron chi connectivity index (χ1n) is 7.86. The van der Waals surface area contributed by atoms with Crippen LogP contribution in [-0.4, -0.2) is 44.1 Å². The molecule has 0 N–H and O–H groups in total. The van der Waals surface area contributed by atoms with Gasteiger partial charge in [-0.1, -0.05) is 12.1 Å². The number of carbonyl (C=O) groups is 1. The number of piperazine rings is 1. The Morgan fingerprint density at radius 3 is 2.65 bits per heavy atom. The van der Waals surface area contributed by atoms with Crippen LogP contribution in [0.4, 0.5) is 5.69 Å². The Balaban J connectivity index is 1.60. The third kappa shape index (κ3) is 3.56. The van der Waals surface area contributed by atoms with Crippen LogP contribution < -0.4 is 4.90 Å². The lowest BCUT2D eigenvalue weighted by Crippen LogP contribution is -2.48. The highest BCUT2D eigenvalue weighted by Crippen LogP contribution is 2.19. The van der Waals surface area contributed by atoms with E-state index in [1.807, 2.05) is 4.90 Å². The van der Waals surface area contributed by atoms with E-state index < -0.39 is 0 Å². The van der Waals surface area contributed by atoms with E-state index in [0.717, 1.165) is 13.1 Å². The summed E-state index contributed by atoms with van der Waals surface area (Å²) < 4.78 is 10.6. The van der Waals surface area contributed by atoms with Crippen molar-refractivity contribution < 1.29 is 13.9 Å². The Kier molecular flexibility index (Phi) is 4.67. The van der Waals surface area contributed by atoms with Crippen LogP contribution in [0, 0.1) is 6.92 Å². The fourth-order valence-electron chi connectivity index (χ4n) is 2.86. The van der Waals surface area contributed by atoms with Gasteiger partial charge in [-0.25, -0.2) is 0 Å². The molecule has 1 aliphatic rings. The van der Waals surface area contributed by atoms with Crippen molar-refractivity contribution in [2.75, 3.05) is 38.2 Å². The number of ether oxygens (including phenoxy) is 1. The van der Waals surface area contributed by atoms with Gasteiger partial charge in [0.05, 0.1) is 0 Å². The van der Waals surface area contributed by atoms with Gasteiger partial charge >= 0.3 is 0 Å². The molecule has 2 heterocycles. The third-order valence-corrected chi connectivity index (χ3v) is 4.09. The zero-order chi connectivity index (χ0) is 16.2. The van der Waals surface area contributed by atoms with Crippen molar-refractivity contribution in [3.8, 4) is 0 Å². The molecule has 0 aliphatic carbocycles. The van der Waals surface area contributed by atoms with Crippen molar-refractivity contribution in [3.05, 3.63) is 53.5 Å². The maximum absolute atomic E-state index is 12.5. The van der Waals surface area contributed by atoms with Crippen LogP contribution in [-0.2, 0) is 11.3 Å². The summed E-state index contributed by atoms with van der Waals surface area (Å²) >= 11 is 0. The number of anilines is 1. The first kappa shape index (κ1) is 15.6. The van der Waals surface area contributed by atoms with E-state index in [4.69, 9.17) is 9.15 Å². The number of aryl methyl sites for hydroxylation is 1. The van der Waals surface area contributed by atoms with Gasteiger partial charge in [0, 0.05) is 39.0 Å². The minimum atomic E-state index is -0.0451. The molecule has 1 aromatic carbocycles. The van der Waals surface area contributed by atoms with Crippen LogP contribution in [0.25, 0.3) is 0 Å². The molecule has 0 spiro atoms. The monoisotopic (exact) mass is 314 g/mol. The number of methoxy groups -OCH3 is 1. The number of benzene rings is 1. The predicted octanol–water partition coefficient (Wildman–Crippen LogP) is 2.70. The molecule has 1 aliphatic heterocycles. The zero-order valence-electron chi connectivity index (χ0n) is 13.6. The van der Waals surface area contributed by atoms with Gasteiger partial charge in [0.1, 0.15) is 12.4 Å². The summed E-state index contributed by atoms with van der Waals surface area (Å²) in [6.45, 7) is 5.55. The molecule has 1 amide bonds. The molecule has 23 heavy (non-hydrogen) atoms. The van der Waals surface area contributed by atoms with Gasteiger partial charge in [-0.2, -0.15) is 0 Å². The van der Waals surface area contributed by atoms with E-state index in [9.17, 15) is 4.79 Å². The van der Waals surface area contributed by atoms with E-state index >= 15 is 0 Å². The summed E-state index contributed by atoms with van der Waals surface area (Å²) in [4.78, 5) is 16.7. The minimum Gasteiger partial charge on any atom is -0.453 e. The Morgan fingerprint density at radius 1 is 1.17 bits per heavy atom. The van der Waals surface area contributed by atoms with Gasteiger partial charge in [0.25, 0.3) is 5.91 Å². The summed E-state index contributed by atoms with van der Waals surface area (Å²) in [7, 11) is 1.61. The average molecular weight is 314 g/mol. The number of hydrogen-bond donors (Lipinski definition) is 0. The molecule has 122 valence electrons. The summed E-state index contributed by atoms with van der Waals surface area (Å²) in [5.41, 5.74) is 2.47. The van der Waals surface area contributed by atoms with Crippen LogP contribution in [0.3, 0.4) is 0 Å². The number of amides is 1. The van der Waals surface area contributed by atoms with Crippen LogP contribution in [0.2, 0.25) is 0 Å². The SMILES string of the molecule is COCc1ccc(C(=O)N2CCN(c3cccc(C)c3)CC2)o1. The molecule has 1 aromatic heterocycles. The Labute approximate surface area is 136 Å². The fourth-order valence-corrected chi connectivity index (χ4v) is 2.86. The summed E-state index contributed by atoms with van der Waals surface area (Å²) in [5.74, 6) is 1.02. The lowest BCUT2D eigenvalue weighted by molar-refractivity contribution is 0.0707. The molecule has 0 saturated carbocycles. The molecular formula is C18H22N2O3. The molecule has 0 bridgehead atoms. The number of nitrogens with zero attached hydrogens (tertiary/aromatic N) is 2. The number of hydrogen-bond acceptors (Lipinski definition) is 4. The lowest BCUT2D eigenvalue weighted by atomic mass is 10.2. The van der Waals surface area contributed by atoms with Crippen molar-refractivity contribution in [1.82, 2.24) is 4.90 Å². The molecule has 1 fully saturated rings. The highest BCUT2D eigenvalue weighted by Gasteiger charge is 2.24. The van der Waals surface area contributed by atoms with Gasteiger partial charge in [0.15, 0.2) is 5.76 Å². The zero-order valence-corrected chi connectivity index (χ0v) is 13.6. The van der Waals surface area contributed by atoms with E-state index in [2.05, 4.69) is 36.1 Å². The van der Waals surface area contributed by atoms with Gasteiger partial charge in [-0.15, -0.1) is 0 Å². The molecule has 2 aromatic rings. The van der Waals surface area contributed by atoms with Crippen molar-refractivity contribution in [3.63, 3.8) is 0 Å². The quantitative estimate of drug-likeness (QED) is 0.870. The smallest absolute Gasteiger partial charge is 0.289 e. The van der Waals surface area contributed by atoms with Gasteiger partial charge in [-0.05, 0) is 36.8 Å². The van der Waals surface area contributed by atoms with E-state index in [-0.39, 0.29) is 5.91 Å². The second-order valence-electron chi connectivity index (χ2n) is 5.82. The maximum atomic E-state index is 12.5. The fraction of sp³-hybridized carbons (Fsp3) is 0.389. The Hall–Kier alpha value is -2.27. The Bertz CT molecular complexity index is 672. The van der Waals surface area contributed by atoms with Crippen LogP contribution in [0.5, 0.6) is 0 Å².